The van der Waals surface area contributed by atoms with Crippen molar-refractivity contribution in [3.05, 3.63) is 53.8 Å². The minimum absolute atomic E-state index is 0.0309. The van der Waals surface area contributed by atoms with Crippen molar-refractivity contribution >= 4 is 48.5 Å². The number of benzene rings is 2. The number of carbonyl (C=O) groups excluding carboxylic acids is 2. The molecule has 1 aliphatic heterocycles. The molecule has 3 aromatic rings. The molecule has 180 valence electrons. The molecule has 1 aliphatic rings. The van der Waals surface area contributed by atoms with E-state index < -0.39 is 10.0 Å². The summed E-state index contributed by atoms with van der Waals surface area (Å²) in [7, 11) is -3.81. The first-order chi connectivity index (χ1) is 16.3. The van der Waals surface area contributed by atoms with Gasteiger partial charge in [0.25, 0.3) is 0 Å². The van der Waals surface area contributed by atoms with Gasteiger partial charge < -0.3 is 10.1 Å². The van der Waals surface area contributed by atoms with E-state index in [0.29, 0.717) is 34.8 Å². The second-order valence-corrected chi connectivity index (χ2v) is 10.8. The van der Waals surface area contributed by atoms with E-state index >= 15 is 0 Å². The zero-order valence-electron chi connectivity index (χ0n) is 18.5. The molecule has 0 saturated carbocycles. The number of esters is 1. The number of fused-ring (bicyclic) bond motifs is 1. The first-order valence-corrected chi connectivity index (χ1v) is 13.1. The van der Waals surface area contributed by atoms with Crippen LogP contribution in [0.4, 0.5) is 9.52 Å². The summed E-state index contributed by atoms with van der Waals surface area (Å²) in [5.74, 6) is -1.26. The second-order valence-electron chi connectivity index (χ2n) is 7.87. The van der Waals surface area contributed by atoms with Gasteiger partial charge in [-0.15, -0.1) is 0 Å². The molecule has 0 aliphatic carbocycles. The Kier molecular flexibility index (Phi) is 7.24. The number of rotatable bonds is 8. The molecule has 11 heteroatoms. The summed E-state index contributed by atoms with van der Waals surface area (Å²) in [6.45, 7) is 2.37. The summed E-state index contributed by atoms with van der Waals surface area (Å²) in [5.41, 5.74) is 0.878. The van der Waals surface area contributed by atoms with Crippen LogP contribution in [-0.2, 0) is 19.6 Å². The fourth-order valence-corrected chi connectivity index (χ4v) is 6.21. The largest absolute Gasteiger partial charge is 0.466 e. The summed E-state index contributed by atoms with van der Waals surface area (Å²) in [5, 5.41) is 3.41. The number of thiazole rings is 1. The summed E-state index contributed by atoms with van der Waals surface area (Å²) in [6.07, 6.45) is 0.791. The van der Waals surface area contributed by atoms with Gasteiger partial charge in [0.05, 0.1) is 34.2 Å². The Bertz CT molecular complexity index is 1320. The van der Waals surface area contributed by atoms with Crippen LogP contribution in [0.3, 0.4) is 0 Å². The fourth-order valence-electron chi connectivity index (χ4n) is 3.80. The van der Waals surface area contributed by atoms with E-state index in [1.165, 1.54) is 46.0 Å². The Labute approximate surface area is 200 Å². The molecule has 0 unspecified atom stereocenters. The Hall–Kier alpha value is -2.89. The molecular weight excluding hydrogens is 481 g/mol. The number of ether oxygens (including phenoxy) is 1. The third-order valence-electron chi connectivity index (χ3n) is 5.62. The average molecular weight is 506 g/mol. The average Bonchev–Trinajstić information content (AvgIpc) is 3.25. The van der Waals surface area contributed by atoms with E-state index in [9.17, 15) is 22.4 Å². The molecule has 2 heterocycles. The highest BCUT2D eigenvalue weighted by atomic mass is 32.2. The first kappa shape index (κ1) is 24.2. The Balaban J connectivity index is 1.41. The smallest absolute Gasteiger partial charge is 0.309 e. The highest BCUT2D eigenvalue weighted by Gasteiger charge is 2.33. The van der Waals surface area contributed by atoms with Crippen molar-refractivity contribution in [2.75, 3.05) is 31.6 Å². The van der Waals surface area contributed by atoms with E-state index in [-0.39, 0.29) is 53.6 Å². The highest BCUT2D eigenvalue weighted by Crippen LogP contribution is 2.27. The van der Waals surface area contributed by atoms with Gasteiger partial charge in [0.1, 0.15) is 5.82 Å². The third-order valence-corrected chi connectivity index (χ3v) is 8.49. The van der Waals surface area contributed by atoms with Crippen molar-refractivity contribution in [3.8, 4) is 0 Å². The minimum atomic E-state index is -3.81. The maximum atomic E-state index is 13.4. The van der Waals surface area contributed by atoms with Crippen LogP contribution in [0.25, 0.3) is 10.2 Å². The molecule has 4 rings (SSSR count). The third kappa shape index (κ3) is 5.26. The summed E-state index contributed by atoms with van der Waals surface area (Å²) in [4.78, 5) is 29.0. The molecule has 2 aromatic carbocycles. The van der Waals surface area contributed by atoms with Gasteiger partial charge in [-0.1, -0.05) is 23.5 Å². The number of sulfonamides is 1. The van der Waals surface area contributed by atoms with E-state index in [1.807, 2.05) is 0 Å². The lowest BCUT2D eigenvalue weighted by Crippen LogP contribution is -2.40. The predicted molar refractivity (Wildman–Crippen MR) is 127 cm³/mol. The zero-order valence-corrected chi connectivity index (χ0v) is 20.1. The normalized spacial score (nSPS) is 15.4. The molecule has 1 aromatic heterocycles. The Morgan fingerprint density at radius 1 is 1.21 bits per heavy atom. The van der Waals surface area contributed by atoms with Crippen LogP contribution in [0.1, 0.15) is 30.1 Å². The summed E-state index contributed by atoms with van der Waals surface area (Å²) < 4.78 is 46.6. The van der Waals surface area contributed by atoms with Crippen LogP contribution >= 0.6 is 11.3 Å². The Morgan fingerprint density at radius 2 is 1.97 bits per heavy atom. The molecule has 0 spiro atoms. The Morgan fingerprint density at radius 3 is 2.71 bits per heavy atom. The van der Waals surface area contributed by atoms with Crippen LogP contribution in [0.2, 0.25) is 0 Å². The van der Waals surface area contributed by atoms with Crippen molar-refractivity contribution in [1.29, 1.82) is 0 Å². The topological polar surface area (TPSA) is 106 Å². The molecule has 1 saturated heterocycles. The number of aromatic nitrogens is 1. The fraction of sp³-hybridized carbons (Fsp3) is 0.348. The number of Topliss-reactive ketones (excluding diaryl/α,β-unsaturated/α-hetero) is 1. The molecule has 0 bridgehead atoms. The van der Waals surface area contributed by atoms with Crippen LogP contribution in [0.5, 0.6) is 0 Å². The van der Waals surface area contributed by atoms with Crippen LogP contribution in [0.15, 0.2) is 47.4 Å². The van der Waals surface area contributed by atoms with Gasteiger partial charge in [-0.25, -0.2) is 17.8 Å². The molecule has 8 nitrogen and oxygen atoms in total. The van der Waals surface area contributed by atoms with Crippen molar-refractivity contribution in [2.45, 2.75) is 24.7 Å². The summed E-state index contributed by atoms with van der Waals surface area (Å²) in [6, 6.07) is 10.2. The number of anilines is 1. The van der Waals surface area contributed by atoms with Crippen LogP contribution in [-0.4, -0.2) is 55.7 Å². The quantitative estimate of drug-likeness (QED) is 0.368. The van der Waals surface area contributed by atoms with Crippen LogP contribution in [0, 0.1) is 11.7 Å². The number of ketones is 1. The zero-order chi connectivity index (χ0) is 24.3. The number of halogens is 1. The molecular formula is C23H24FN3O5S2. The molecule has 1 N–H and O–H groups in total. The van der Waals surface area contributed by atoms with Gasteiger partial charge in [0.2, 0.25) is 10.0 Å². The lowest BCUT2D eigenvalue weighted by molar-refractivity contribution is -0.149. The second kappa shape index (κ2) is 10.2. The standard InChI is InChI=1S/C23H24FN3O5S2/c1-2-32-22(29)15-8-10-27(11-9-15)34(30,31)18-5-3-4-16(12-18)20(28)14-25-23-26-19-7-6-17(24)13-21(19)33-23/h3-7,12-13,15H,2,8-11,14H2,1H3,(H,25,26). The number of hydrogen-bond acceptors (Lipinski definition) is 8. The number of nitrogens with one attached hydrogen (secondary N) is 1. The number of piperidine rings is 1. The van der Waals surface area contributed by atoms with E-state index in [1.54, 1.807) is 19.1 Å². The van der Waals surface area contributed by atoms with E-state index in [0.717, 1.165) is 0 Å². The van der Waals surface area contributed by atoms with E-state index in [2.05, 4.69) is 10.3 Å². The maximum absolute atomic E-state index is 13.4. The molecule has 34 heavy (non-hydrogen) atoms. The highest BCUT2D eigenvalue weighted by molar-refractivity contribution is 7.89. The minimum Gasteiger partial charge on any atom is -0.466 e. The van der Waals surface area contributed by atoms with Gasteiger partial charge in [0, 0.05) is 18.7 Å². The molecule has 0 amide bonds. The SMILES string of the molecule is CCOC(=O)C1CCN(S(=O)(=O)c2cccc(C(=O)CNc3nc4ccc(F)cc4s3)c2)CC1. The van der Waals surface area contributed by atoms with Gasteiger partial charge in [-0.3, -0.25) is 9.59 Å². The van der Waals surface area contributed by atoms with Crippen molar-refractivity contribution in [3.63, 3.8) is 0 Å². The van der Waals surface area contributed by atoms with Gasteiger partial charge >= 0.3 is 5.97 Å². The van der Waals surface area contributed by atoms with Gasteiger partial charge in [-0.2, -0.15) is 4.31 Å². The van der Waals surface area contributed by atoms with Crippen molar-refractivity contribution in [2.24, 2.45) is 5.92 Å². The van der Waals surface area contributed by atoms with Gasteiger partial charge in [-0.05, 0) is 50.1 Å². The summed E-state index contributed by atoms with van der Waals surface area (Å²) >= 11 is 1.23. The van der Waals surface area contributed by atoms with Crippen LogP contribution < -0.4 is 5.32 Å². The monoisotopic (exact) mass is 505 g/mol. The first-order valence-electron chi connectivity index (χ1n) is 10.9. The maximum Gasteiger partial charge on any atom is 0.309 e. The number of hydrogen-bond donors (Lipinski definition) is 1. The predicted octanol–water partition coefficient (Wildman–Crippen LogP) is 3.69. The molecule has 0 radical (unpaired) electrons. The van der Waals surface area contributed by atoms with Crippen molar-refractivity contribution < 1.29 is 27.1 Å². The molecule has 1 fully saturated rings. The lowest BCUT2D eigenvalue weighted by Gasteiger charge is -2.30. The lowest BCUT2D eigenvalue weighted by atomic mass is 9.98. The van der Waals surface area contributed by atoms with E-state index in [4.69, 9.17) is 4.74 Å². The van der Waals surface area contributed by atoms with Crippen molar-refractivity contribution in [1.82, 2.24) is 9.29 Å². The molecule has 0 atom stereocenters. The number of nitrogens with zero attached hydrogens (tertiary/aromatic N) is 2. The number of carbonyl (C=O) groups is 2. The van der Waals surface area contributed by atoms with Gasteiger partial charge in [0.15, 0.2) is 10.9 Å².